The predicted molar refractivity (Wildman–Crippen MR) is 81.5 cm³/mol. The van der Waals surface area contributed by atoms with Crippen LogP contribution in [0, 0.1) is 0 Å². The smallest absolute Gasteiger partial charge is 0.337 e. The quantitative estimate of drug-likeness (QED) is 0.680. The number of carboxylic acid groups (broad SMARTS) is 1. The van der Waals surface area contributed by atoms with Crippen molar-refractivity contribution < 1.29 is 9.90 Å². The van der Waals surface area contributed by atoms with E-state index < -0.39 is 5.97 Å². The molecule has 106 valence electrons. The van der Waals surface area contributed by atoms with Crippen molar-refractivity contribution in [3.05, 3.63) is 22.8 Å². The van der Waals surface area contributed by atoms with Gasteiger partial charge in [-0.1, -0.05) is 24.4 Å². The zero-order valence-corrected chi connectivity index (χ0v) is 12.6. The Morgan fingerprint density at radius 2 is 2.16 bits per heavy atom. The number of unbranched alkanes of at least 4 members (excludes halogenated alkanes) is 3. The van der Waals surface area contributed by atoms with E-state index in [9.17, 15) is 4.79 Å². The number of aromatic carboxylic acids is 1. The molecule has 4 nitrogen and oxygen atoms in total. The Kier molecular flexibility index (Phi) is 7.67. The number of thioether (sulfide) groups is 1. The molecule has 19 heavy (non-hydrogen) atoms. The second-order valence-corrected chi connectivity index (χ2v) is 5.52. The first-order chi connectivity index (χ1) is 9.16. The van der Waals surface area contributed by atoms with Crippen molar-refractivity contribution in [3.8, 4) is 0 Å². The maximum atomic E-state index is 10.9. The predicted octanol–water partition coefficient (Wildman–Crippen LogP) is 3.77. The molecular weight excluding hydrogens is 284 g/mol. The first-order valence-electron chi connectivity index (χ1n) is 6.27. The van der Waals surface area contributed by atoms with Gasteiger partial charge in [-0.05, 0) is 30.9 Å². The Morgan fingerprint density at radius 3 is 2.84 bits per heavy atom. The molecule has 0 radical (unpaired) electrons. The first kappa shape index (κ1) is 16.1. The number of nitrogens with zero attached hydrogens (tertiary/aromatic N) is 1. The van der Waals surface area contributed by atoms with Crippen molar-refractivity contribution in [2.24, 2.45) is 0 Å². The van der Waals surface area contributed by atoms with Gasteiger partial charge in [0.15, 0.2) is 0 Å². The normalized spacial score (nSPS) is 10.4. The molecule has 0 saturated carbocycles. The van der Waals surface area contributed by atoms with Crippen LogP contribution in [0.15, 0.2) is 12.3 Å². The molecule has 1 aromatic heterocycles. The SMILES string of the molecule is CSCCCCCCNc1nccc(C(=O)O)c1Cl. The zero-order chi connectivity index (χ0) is 14.1. The number of carbonyl (C=O) groups is 1. The fourth-order valence-electron chi connectivity index (χ4n) is 1.66. The van der Waals surface area contributed by atoms with E-state index in [2.05, 4.69) is 16.6 Å². The number of hydrogen-bond acceptors (Lipinski definition) is 4. The maximum Gasteiger partial charge on any atom is 0.337 e. The highest BCUT2D eigenvalue weighted by molar-refractivity contribution is 7.98. The minimum Gasteiger partial charge on any atom is -0.478 e. The average molecular weight is 303 g/mol. The Balaban J connectivity index is 2.33. The van der Waals surface area contributed by atoms with Crippen molar-refractivity contribution in [3.63, 3.8) is 0 Å². The summed E-state index contributed by atoms with van der Waals surface area (Å²) in [7, 11) is 0. The number of nitrogens with one attached hydrogen (secondary N) is 1. The fraction of sp³-hybridized carbons (Fsp3) is 0.538. The van der Waals surface area contributed by atoms with Crippen LogP contribution in [0.2, 0.25) is 5.02 Å². The molecule has 1 heterocycles. The van der Waals surface area contributed by atoms with Crippen LogP contribution in [0.3, 0.4) is 0 Å². The van der Waals surface area contributed by atoms with Gasteiger partial charge in [0.2, 0.25) is 0 Å². The second kappa shape index (κ2) is 9.04. The zero-order valence-electron chi connectivity index (χ0n) is 11.0. The van der Waals surface area contributed by atoms with Gasteiger partial charge in [-0.15, -0.1) is 0 Å². The first-order valence-corrected chi connectivity index (χ1v) is 8.04. The molecule has 0 saturated heterocycles. The Morgan fingerprint density at radius 1 is 1.42 bits per heavy atom. The Hall–Kier alpha value is -0.940. The molecule has 6 heteroatoms. The van der Waals surface area contributed by atoms with Gasteiger partial charge < -0.3 is 10.4 Å². The highest BCUT2D eigenvalue weighted by Crippen LogP contribution is 2.23. The van der Waals surface area contributed by atoms with Gasteiger partial charge >= 0.3 is 5.97 Å². The van der Waals surface area contributed by atoms with E-state index in [1.165, 1.54) is 30.9 Å². The molecule has 0 aliphatic heterocycles. The topological polar surface area (TPSA) is 62.2 Å². The number of anilines is 1. The molecule has 0 bridgehead atoms. The summed E-state index contributed by atoms with van der Waals surface area (Å²) in [5, 5.41) is 12.2. The van der Waals surface area contributed by atoms with E-state index in [0.717, 1.165) is 19.4 Å². The van der Waals surface area contributed by atoms with E-state index in [-0.39, 0.29) is 10.6 Å². The van der Waals surface area contributed by atoms with Crippen molar-refractivity contribution in [1.82, 2.24) is 4.98 Å². The average Bonchev–Trinajstić information content (AvgIpc) is 2.39. The highest BCUT2D eigenvalue weighted by Gasteiger charge is 2.12. The van der Waals surface area contributed by atoms with Crippen LogP contribution in [0.4, 0.5) is 5.82 Å². The lowest BCUT2D eigenvalue weighted by molar-refractivity contribution is 0.0697. The number of rotatable bonds is 9. The third-order valence-electron chi connectivity index (χ3n) is 2.69. The van der Waals surface area contributed by atoms with Crippen LogP contribution >= 0.6 is 23.4 Å². The summed E-state index contributed by atoms with van der Waals surface area (Å²) in [6.07, 6.45) is 8.22. The van der Waals surface area contributed by atoms with Gasteiger partial charge in [-0.25, -0.2) is 9.78 Å². The number of hydrogen-bond donors (Lipinski definition) is 2. The number of aromatic nitrogens is 1. The van der Waals surface area contributed by atoms with Crippen molar-refractivity contribution >= 4 is 35.1 Å². The van der Waals surface area contributed by atoms with Gasteiger partial charge in [0.1, 0.15) is 5.82 Å². The molecule has 1 rings (SSSR count). The van der Waals surface area contributed by atoms with E-state index >= 15 is 0 Å². The lowest BCUT2D eigenvalue weighted by Crippen LogP contribution is -2.07. The minimum atomic E-state index is -1.03. The molecule has 0 unspecified atom stereocenters. The monoisotopic (exact) mass is 302 g/mol. The number of carboxylic acids is 1. The summed E-state index contributed by atoms with van der Waals surface area (Å²) < 4.78 is 0. The lowest BCUT2D eigenvalue weighted by Gasteiger charge is -2.08. The van der Waals surface area contributed by atoms with Crippen LogP contribution in [0.5, 0.6) is 0 Å². The van der Waals surface area contributed by atoms with Crippen molar-refractivity contribution in [2.45, 2.75) is 25.7 Å². The van der Waals surface area contributed by atoms with Gasteiger partial charge in [-0.2, -0.15) is 11.8 Å². The molecule has 0 amide bonds. The van der Waals surface area contributed by atoms with Crippen molar-refractivity contribution in [1.29, 1.82) is 0 Å². The van der Waals surface area contributed by atoms with Crippen LogP contribution in [0.25, 0.3) is 0 Å². The summed E-state index contributed by atoms with van der Waals surface area (Å²) >= 11 is 7.85. The molecule has 0 aliphatic rings. The summed E-state index contributed by atoms with van der Waals surface area (Å²) in [5.41, 5.74) is 0.0825. The van der Waals surface area contributed by atoms with Crippen LogP contribution in [-0.4, -0.2) is 34.6 Å². The molecule has 0 spiro atoms. The van der Waals surface area contributed by atoms with Gasteiger partial charge in [0, 0.05) is 12.7 Å². The molecule has 1 aromatic rings. The van der Waals surface area contributed by atoms with Crippen molar-refractivity contribution in [2.75, 3.05) is 23.9 Å². The summed E-state index contributed by atoms with van der Waals surface area (Å²) in [6, 6.07) is 1.40. The minimum absolute atomic E-state index is 0.0825. The highest BCUT2D eigenvalue weighted by atomic mass is 35.5. The Bertz CT molecular complexity index is 416. The number of pyridine rings is 1. The molecule has 2 N–H and O–H groups in total. The molecule has 0 aliphatic carbocycles. The van der Waals surface area contributed by atoms with Crippen LogP contribution in [0.1, 0.15) is 36.0 Å². The summed E-state index contributed by atoms with van der Waals surface area (Å²) in [6.45, 7) is 0.759. The largest absolute Gasteiger partial charge is 0.478 e. The molecule has 0 aromatic carbocycles. The lowest BCUT2D eigenvalue weighted by atomic mass is 10.2. The fourth-order valence-corrected chi connectivity index (χ4v) is 2.42. The maximum absolute atomic E-state index is 10.9. The van der Waals surface area contributed by atoms with Gasteiger partial charge in [0.25, 0.3) is 0 Å². The van der Waals surface area contributed by atoms with E-state index in [4.69, 9.17) is 16.7 Å². The number of halogens is 1. The second-order valence-electron chi connectivity index (χ2n) is 4.16. The summed E-state index contributed by atoms with van der Waals surface area (Å²) in [5.74, 6) is 0.625. The standard InChI is InChI=1S/C13H19ClN2O2S/c1-19-9-5-3-2-4-7-15-12-11(14)10(13(17)18)6-8-16-12/h6,8H,2-5,7,9H2,1H3,(H,15,16)(H,17,18). The molecule has 0 fully saturated rings. The van der Waals surface area contributed by atoms with Gasteiger partial charge in [-0.3, -0.25) is 0 Å². The Labute approximate surface area is 123 Å². The van der Waals surface area contributed by atoms with E-state index in [0.29, 0.717) is 5.82 Å². The van der Waals surface area contributed by atoms with E-state index in [1.54, 1.807) is 0 Å². The summed E-state index contributed by atoms with van der Waals surface area (Å²) in [4.78, 5) is 15.0. The molecule has 0 atom stereocenters. The third-order valence-corrected chi connectivity index (χ3v) is 3.77. The third kappa shape index (κ3) is 5.70. The van der Waals surface area contributed by atoms with Crippen LogP contribution in [-0.2, 0) is 0 Å². The van der Waals surface area contributed by atoms with Crippen LogP contribution < -0.4 is 5.32 Å². The van der Waals surface area contributed by atoms with Gasteiger partial charge in [0.05, 0.1) is 10.6 Å². The van der Waals surface area contributed by atoms with E-state index in [1.807, 2.05) is 11.8 Å². The molecular formula is C13H19ClN2O2S.